The highest BCUT2D eigenvalue weighted by Crippen LogP contribution is 2.20. The lowest BCUT2D eigenvalue weighted by atomic mass is 10.1. The normalized spacial score (nSPS) is 16.8. The van der Waals surface area contributed by atoms with Crippen molar-refractivity contribution in [1.29, 1.82) is 0 Å². The van der Waals surface area contributed by atoms with E-state index in [-0.39, 0.29) is 12.0 Å². The Hall–Kier alpha value is -2.18. The molecular formula is C19H25N3O3. The van der Waals surface area contributed by atoms with E-state index in [1.165, 1.54) is 0 Å². The first-order chi connectivity index (χ1) is 12.1. The second-order valence-corrected chi connectivity index (χ2v) is 6.46. The summed E-state index contributed by atoms with van der Waals surface area (Å²) in [5.41, 5.74) is 2.08. The van der Waals surface area contributed by atoms with Crippen molar-refractivity contribution < 1.29 is 14.3 Å². The maximum Gasteiger partial charge on any atom is 0.255 e. The van der Waals surface area contributed by atoms with Crippen LogP contribution in [0.1, 0.15) is 29.4 Å². The van der Waals surface area contributed by atoms with Crippen LogP contribution in [0.4, 0.5) is 0 Å². The molecular weight excluding hydrogens is 318 g/mol. The first-order valence-electron chi connectivity index (χ1n) is 8.79. The van der Waals surface area contributed by atoms with Gasteiger partial charge in [-0.3, -0.25) is 9.69 Å². The molecule has 3 rings (SSSR count). The van der Waals surface area contributed by atoms with E-state index in [0.29, 0.717) is 36.7 Å². The van der Waals surface area contributed by atoms with Crippen molar-refractivity contribution in [3.05, 3.63) is 41.8 Å². The zero-order chi connectivity index (χ0) is 17.8. The number of aliphatic hydroxyl groups excluding tert-OH is 1. The van der Waals surface area contributed by atoms with Crippen LogP contribution in [0.15, 0.2) is 34.9 Å². The third-order valence-electron chi connectivity index (χ3n) is 4.69. The predicted molar refractivity (Wildman–Crippen MR) is 95.3 cm³/mol. The van der Waals surface area contributed by atoms with Gasteiger partial charge in [-0.05, 0) is 37.6 Å². The van der Waals surface area contributed by atoms with Crippen LogP contribution in [0.25, 0.3) is 11.5 Å². The molecule has 1 aliphatic heterocycles. The van der Waals surface area contributed by atoms with Crippen LogP contribution >= 0.6 is 0 Å². The highest BCUT2D eigenvalue weighted by atomic mass is 16.3. The number of pyridine rings is 1. The van der Waals surface area contributed by atoms with Gasteiger partial charge in [0, 0.05) is 32.7 Å². The van der Waals surface area contributed by atoms with Gasteiger partial charge in [-0.25, -0.2) is 4.98 Å². The van der Waals surface area contributed by atoms with Crippen molar-refractivity contribution in [3.8, 4) is 11.5 Å². The molecule has 0 aliphatic carbocycles. The molecule has 1 saturated heterocycles. The number of carbonyl (C=O) groups is 1. The summed E-state index contributed by atoms with van der Waals surface area (Å²) in [6, 6.07) is 7.33. The van der Waals surface area contributed by atoms with E-state index in [2.05, 4.69) is 9.88 Å². The Morgan fingerprint density at radius 2 is 2.04 bits per heavy atom. The topological polar surface area (TPSA) is 69.8 Å². The summed E-state index contributed by atoms with van der Waals surface area (Å²) in [6.07, 6.45) is 2.08. The molecule has 0 saturated carbocycles. The number of β-amino-alcohol motifs (C(OH)–C–C–N with tert-alkyl or cyclic N) is 1. The van der Waals surface area contributed by atoms with Gasteiger partial charge in [0.1, 0.15) is 5.69 Å². The van der Waals surface area contributed by atoms with Gasteiger partial charge >= 0.3 is 0 Å². The molecule has 0 spiro atoms. The molecule has 0 aromatic carbocycles. The van der Waals surface area contributed by atoms with Gasteiger partial charge in [-0.15, -0.1) is 0 Å². The lowest BCUT2D eigenvalue weighted by Gasteiger charge is -2.35. The molecule has 2 aromatic rings. The number of rotatable bonds is 5. The Bertz CT molecular complexity index is 707. The minimum atomic E-state index is -0.289. The van der Waals surface area contributed by atoms with Crippen molar-refractivity contribution >= 4 is 5.91 Å². The fourth-order valence-electron chi connectivity index (χ4n) is 3.08. The largest absolute Gasteiger partial charge is 0.463 e. The van der Waals surface area contributed by atoms with E-state index in [9.17, 15) is 9.90 Å². The Labute approximate surface area is 148 Å². The minimum absolute atomic E-state index is 0.0201. The second kappa shape index (κ2) is 7.80. The van der Waals surface area contributed by atoms with Gasteiger partial charge < -0.3 is 14.4 Å². The third kappa shape index (κ3) is 4.08. The Morgan fingerprint density at radius 1 is 1.28 bits per heavy atom. The smallest absolute Gasteiger partial charge is 0.255 e. The summed E-state index contributed by atoms with van der Waals surface area (Å²) in [7, 11) is 0. The number of carbonyl (C=O) groups excluding carboxylic acids is 1. The average molecular weight is 343 g/mol. The third-order valence-corrected chi connectivity index (χ3v) is 4.69. The summed E-state index contributed by atoms with van der Waals surface area (Å²) in [6.45, 7) is 7.44. The summed E-state index contributed by atoms with van der Waals surface area (Å²) >= 11 is 0. The molecule has 1 aliphatic rings. The SMILES string of the molecule is CC[C@H](O)CN1CCN(C(=O)c2ccc(-c3ccco3)nc2C)CC1. The lowest BCUT2D eigenvalue weighted by molar-refractivity contribution is 0.0523. The van der Waals surface area contributed by atoms with Crippen LogP contribution in [0.5, 0.6) is 0 Å². The molecule has 1 amide bonds. The van der Waals surface area contributed by atoms with Crippen LogP contribution in [-0.4, -0.2) is 64.6 Å². The first kappa shape index (κ1) is 17.6. The molecule has 1 atom stereocenters. The van der Waals surface area contributed by atoms with Crippen LogP contribution in [0, 0.1) is 6.92 Å². The van der Waals surface area contributed by atoms with Crippen LogP contribution < -0.4 is 0 Å². The zero-order valence-electron chi connectivity index (χ0n) is 14.8. The monoisotopic (exact) mass is 343 g/mol. The van der Waals surface area contributed by atoms with E-state index >= 15 is 0 Å². The number of piperazine rings is 1. The molecule has 2 aromatic heterocycles. The molecule has 0 bridgehead atoms. The zero-order valence-corrected chi connectivity index (χ0v) is 14.8. The van der Waals surface area contributed by atoms with Gasteiger partial charge in [-0.1, -0.05) is 6.92 Å². The van der Waals surface area contributed by atoms with Gasteiger partial charge in [0.05, 0.1) is 23.6 Å². The number of aliphatic hydroxyl groups is 1. The Kier molecular flexibility index (Phi) is 5.50. The molecule has 6 heteroatoms. The summed E-state index contributed by atoms with van der Waals surface area (Å²) in [5.74, 6) is 0.719. The molecule has 1 N–H and O–H groups in total. The molecule has 3 heterocycles. The van der Waals surface area contributed by atoms with Crippen molar-refractivity contribution in [2.45, 2.75) is 26.4 Å². The van der Waals surface area contributed by atoms with Crippen LogP contribution in [0.3, 0.4) is 0 Å². The van der Waals surface area contributed by atoms with Crippen LogP contribution in [-0.2, 0) is 0 Å². The number of hydrogen-bond acceptors (Lipinski definition) is 5. The second-order valence-electron chi connectivity index (χ2n) is 6.46. The summed E-state index contributed by atoms with van der Waals surface area (Å²) in [5, 5.41) is 9.77. The van der Waals surface area contributed by atoms with E-state index < -0.39 is 0 Å². The van der Waals surface area contributed by atoms with Crippen molar-refractivity contribution in [3.63, 3.8) is 0 Å². The molecule has 1 fully saturated rings. The number of amides is 1. The standard InChI is InChI=1S/C19H25N3O3/c1-3-15(23)13-21-8-10-22(11-9-21)19(24)16-6-7-17(20-14(16)2)18-5-4-12-25-18/h4-7,12,15,23H,3,8-11,13H2,1-2H3/t15-/m0/s1. The first-order valence-corrected chi connectivity index (χ1v) is 8.79. The molecule has 134 valence electrons. The van der Waals surface area contributed by atoms with E-state index in [4.69, 9.17) is 4.42 Å². The van der Waals surface area contributed by atoms with Gasteiger partial charge in [-0.2, -0.15) is 0 Å². The van der Waals surface area contributed by atoms with Crippen molar-refractivity contribution in [2.24, 2.45) is 0 Å². The summed E-state index contributed by atoms with van der Waals surface area (Å²) < 4.78 is 5.36. The average Bonchev–Trinajstić information content (AvgIpc) is 3.16. The molecule has 25 heavy (non-hydrogen) atoms. The molecule has 6 nitrogen and oxygen atoms in total. The lowest BCUT2D eigenvalue weighted by Crippen LogP contribution is -2.50. The predicted octanol–water partition coefficient (Wildman–Crippen LogP) is 2.18. The maximum atomic E-state index is 12.8. The highest BCUT2D eigenvalue weighted by molar-refractivity contribution is 5.95. The maximum absolute atomic E-state index is 12.8. The quantitative estimate of drug-likeness (QED) is 0.901. The van der Waals surface area contributed by atoms with E-state index in [0.717, 1.165) is 25.2 Å². The minimum Gasteiger partial charge on any atom is -0.463 e. The number of aromatic nitrogens is 1. The van der Waals surface area contributed by atoms with E-state index in [1.807, 2.05) is 43.0 Å². The Balaban J connectivity index is 1.64. The number of furan rings is 1. The highest BCUT2D eigenvalue weighted by Gasteiger charge is 2.24. The summed E-state index contributed by atoms with van der Waals surface area (Å²) in [4.78, 5) is 21.4. The number of aryl methyl sites for hydroxylation is 1. The Morgan fingerprint density at radius 3 is 2.64 bits per heavy atom. The molecule has 0 radical (unpaired) electrons. The fourth-order valence-corrected chi connectivity index (χ4v) is 3.08. The van der Waals surface area contributed by atoms with Gasteiger partial charge in [0.25, 0.3) is 5.91 Å². The number of nitrogens with zero attached hydrogens (tertiary/aromatic N) is 3. The molecule has 0 unspecified atom stereocenters. The van der Waals surface area contributed by atoms with Gasteiger partial charge in [0.2, 0.25) is 0 Å². The van der Waals surface area contributed by atoms with E-state index in [1.54, 1.807) is 6.26 Å². The van der Waals surface area contributed by atoms with Crippen LogP contribution in [0.2, 0.25) is 0 Å². The van der Waals surface area contributed by atoms with Gasteiger partial charge in [0.15, 0.2) is 5.76 Å². The fraction of sp³-hybridized carbons (Fsp3) is 0.474. The van der Waals surface area contributed by atoms with Crippen molar-refractivity contribution in [2.75, 3.05) is 32.7 Å². The van der Waals surface area contributed by atoms with Crippen molar-refractivity contribution in [1.82, 2.24) is 14.8 Å². The number of hydrogen-bond donors (Lipinski definition) is 1.